The lowest BCUT2D eigenvalue weighted by atomic mass is 9.70. The minimum absolute atomic E-state index is 0.0478. The van der Waals surface area contributed by atoms with Crippen molar-refractivity contribution in [2.24, 2.45) is 17.3 Å². The van der Waals surface area contributed by atoms with Gasteiger partial charge in [-0.3, -0.25) is 4.79 Å². The number of halogens is 3. The smallest absolute Gasteiger partial charge is 0.254 e. The lowest BCUT2D eigenvalue weighted by Crippen LogP contribution is -2.43. The van der Waals surface area contributed by atoms with Crippen molar-refractivity contribution in [3.8, 4) is 0 Å². The summed E-state index contributed by atoms with van der Waals surface area (Å²) in [4.78, 5) is 12.8. The number of hydrogen-bond donors (Lipinski definition) is 1. The number of carbonyl (C=O) groups is 1. The highest BCUT2D eigenvalue weighted by Gasteiger charge is 2.43. The van der Waals surface area contributed by atoms with Crippen LogP contribution in [0.4, 0.5) is 0 Å². The van der Waals surface area contributed by atoms with E-state index in [4.69, 9.17) is 34.8 Å². The minimum atomic E-state index is -3.01. The average molecular weight is 493 g/mol. The second-order valence-corrected chi connectivity index (χ2v) is 13.1. The van der Waals surface area contributed by atoms with Crippen LogP contribution >= 0.6 is 34.8 Å². The van der Waals surface area contributed by atoms with Crippen molar-refractivity contribution in [3.05, 3.63) is 32.8 Å². The van der Waals surface area contributed by atoms with Crippen LogP contribution in [0.2, 0.25) is 15.1 Å². The third-order valence-electron chi connectivity index (χ3n) is 6.94. The Morgan fingerprint density at radius 2 is 1.53 bits per heavy atom. The second-order valence-electron chi connectivity index (χ2n) is 9.55. The molecule has 1 amide bonds. The number of hydrogen-bond acceptors (Lipinski definition) is 3. The topological polar surface area (TPSA) is 63.2 Å². The van der Waals surface area contributed by atoms with E-state index in [1.165, 1.54) is 25.0 Å². The van der Waals surface area contributed by atoms with Gasteiger partial charge in [0.05, 0.1) is 26.6 Å². The van der Waals surface area contributed by atoms with E-state index in [-0.39, 0.29) is 32.2 Å². The zero-order chi connectivity index (χ0) is 21.5. The second kappa shape index (κ2) is 8.80. The number of benzene rings is 1. The van der Waals surface area contributed by atoms with Crippen LogP contribution < -0.4 is 5.32 Å². The maximum atomic E-state index is 12.8. The van der Waals surface area contributed by atoms with E-state index in [2.05, 4.69) is 5.32 Å². The molecule has 0 unspecified atom stereocenters. The monoisotopic (exact) mass is 491 g/mol. The molecule has 8 heteroatoms. The first-order chi connectivity index (χ1) is 14.2. The molecule has 3 aliphatic carbocycles. The largest absolute Gasteiger partial charge is 0.351 e. The van der Waals surface area contributed by atoms with Crippen molar-refractivity contribution in [1.29, 1.82) is 0 Å². The molecular formula is C22H28Cl3NO3S. The number of amides is 1. The summed E-state index contributed by atoms with van der Waals surface area (Å²) in [6, 6.07) is 3.03. The Labute approximate surface area is 193 Å². The quantitative estimate of drug-likeness (QED) is 0.489. The molecule has 4 nitrogen and oxygen atoms in total. The van der Waals surface area contributed by atoms with Crippen LogP contribution in [-0.4, -0.2) is 31.9 Å². The molecule has 0 bridgehead atoms. The van der Waals surface area contributed by atoms with Crippen LogP contribution in [0.5, 0.6) is 0 Å². The molecule has 0 atom stereocenters. The molecule has 0 radical (unpaired) electrons. The lowest BCUT2D eigenvalue weighted by molar-refractivity contribution is 0.0895. The van der Waals surface area contributed by atoms with Gasteiger partial charge in [0.2, 0.25) is 0 Å². The molecule has 1 aromatic carbocycles. The van der Waals surface area contributed by atoms with Crippen molar-refractivity contribution < 1.29 is 13.2 Å². The van der Waals surface area contributed by atoms with Crippen LogP contribution in [0.15, 0.2) is 12.1 Å². The summed E-state index contributed by atoms with van der Waals surface area (Å²) >= 11 is 18.3. The predicted molar refractivity (Wildman–Crippen MR) is 122 cm³/mol. The molecule has 4 rings (SSSR count). The van der Waals surface area contributed by atoms with Crippen LogP contribution in [0, 0.1) is 17.3 Å². The van der Waals surface area contributed by atoms with Gasteiger partial charge in [-0.25, -0.2) is 8.42 Å². The Morgan fingerprint density at radius 3 is 2.07 bits per heavy atom. The third-order valence-corrected chi connectivity index (χ3v) is 10.2. The van der Waals surface area contributed by atoms with Crippen LogP contribution in [0.1, 0.15) is 68.1 Å². The van der Waals surface area contributed by atoms with Crippen molar-refractivity contribution in [1.82, 2.24) is 5.32 Å². The Bertz CT molecular complexity index is 895. The third kappa shape index (κ3) is 5.46. The van der Waals surface area contributed by atoms with Crippen molar-refractivity contribution in [2.45, 2.75) is 63.0 Å². The first-order valence-electron chi connectivity index (χ1n) is 10.8. The van der Waals surface area contributed by atoms with Gasteiger partial charge in [-0.05, 0) is 74.3 Å². The van der Waals surface area contributed by atoms with Gasteiger partial charge < -0.3 is 5.32 Å². The summed E-state index contributed by atoms with van der Waals surface area (Å²) in [6.07, 6.45) is 8.67. The molecule has 30 heavy (non-hydrogen) atoms. The first-order valence-corrected chi connectivity index (χ1v) is 13.7. The summed E-state index contributed by atoms with van der Waals surface area (Å²) in [6.45, 7) is 0.521. The maximum Gasteiger partial charge on any atom is 0.254 e. The van der Waals surface area contributed by atoms with E-state index in [9.17, 15) is 13.2 Å². The van der Waals surface area contributed by atoms with Gasteiger partial charge in [0.15, 0.2) is 9.84 Å². The lowest BCUT2D eigenvalue weighted by Gasteiger charge is -2.40. The summed E-state index contributed by atoms with van der Waals surface area (Å²) in [7, 11) is -3.01. The van der Waals surface area contributed by atoms with Gasteiger partial charge in [0.25, 0.3) is 5.91 Å². The SMILES string of the molecule is O=C(NCC1(CC2CC2)CCC(S(=O)(=O)CC2CC2)CC1)c1c(Cl)cc(Cl)cc1Cl. The predicted octanol–water partition coefficient (Wildman–Crippen LogP) is 5.93. The molecule has 1 N–H and O–H groups in total. The van der Waals surface area contributed by atoms with Gasteiger partial charge >= 0.3 is 0 Å². The number of carbonyl (C=O) groups excluding carboxylic acids is 1. The maximum absolute atomic E-state index is 12.8. The molecule has 0 spiro atoms. The minimum Gasteiger partial charge on any atom is -0.351 e. The fraction of sp³-hybridized carbons (Fsp3) is 0.682. The van der Waals surface area contributed by atoms with Crippen LogP contribution in [0.25, 0.3) is 0 Å². The number of nitrogens with one attached hydrogen (secondary N) is 1. The van der Waals surface area contributed by atoms with Crippen LogP contribution in [-0.2, 0) is 9.84 Å². The fourth-order valence-corrected chi connectivity index (χ4v) is 8.02. The van der Waals surface area contributed by atoms with Gasteiger partial charge in [-0.1, -0.05) is 47.6 Å². The van der Waals surface area contributed by atoms with E-state index in [1.54, 1.807) is 0 Å². The summed E-state index contributed by atoms with van der Waals surface area (Å²) in [5.74, 6) is 1.14. The molecule has 0 heterocycles. The van der Waals surface area contributed by atoms with Crippen LogP contribution in [0.3, 0.4) is 0 Å². The van der Waals surface area contributed by atoms with Gasteiger partial charge in [0.1, 0.15) is 0 Å². The number of rotatable bonds is 8. The van der Waals surface area contributed by atoms with E-state index in [1.807, 2.05) is 0 Å². The van der Waals surface area contributed by atoms with Crippen molar-refractivity contribution >= 4 is 50.5 Å². The molecule has 3 saturated carbocycles. The van der Waals surface area contributed by atoms with Gasteiger partial charge in [-0.2, -0.15) is 0 Å². The zero-order valence-electron chi connectivity index (χ0n) is 16.9. The van der Waals surface area contributed by atoms with E-state index >= 15 is 0 Å². The van der Waals surface area contributed by atoms with Gasteiger partial charge in [-0.15, -0.1) is 0 Å². The summed E-state index contributed by atoms with van der Waals surface area (Å²) in [5, 5.41) is 3.67. The summed E-state index contributed by atoms with van der Waals surface area (Å²) in [5.41, 5.74) is 0.193. The normalized spacial score (nSPS) is 27.1. The molecule has 1 aromatic rings. The summed E-state index contributed by atoms with van der Waals surface area (Å²) < 4.78 is 25.5. The standard InChI is InChI=1S/C22H28Cl3NO3S/c23-16-9-18(24)20(19(25)10-16)21(27)26-13-22(11-14-1-2-14)7-5-17(6-8-22)30(28,29)12-15-3-4-15/h9-10,14-15,17H,1-8,11-13H2,(H,26,27). The first kappa shape index (κ1) is 22.7. The zero-order valence-corrected chi connectivity index (χ0v) is 20.0. The Hall–Kier alpha value is -0.490. The highest BCUT2D eigenvalue weighted by molar-refractivity contribution is 7.92. The molecule has 0 saturated heterocycles. The average Bonchev–Trinajstić information content (AvgIpc) is 3.57. The molecule has 166 valence electrons. The highest BCUT2D eigenvalue weighted by Crippen LogP contribution is 2.49. The fourth-order valence-electron chi connectivity index (χ4n) is 4.81. The van der Waals surface area contributed by atoms with E-state index in [0.29, 0.717) is 42.0 Å². The van der Waals surface area contributed by atoms with Gasteiger partial charge in [0, 0.05) is 11.6 Å². The van der Waals surface area contributed by atoms with E-state index < -0.39 is 9.84 Å². The Morgan fingerprint density at radius 1 is 0.967 bits per heavy atom. The molecule has 3 aliphatic rings. The Balaban J connectivity index is 1.41. The molecule has 0 aliphatic heterocycles. The van der Waals surface area contributed by atoms with Crippen molar-refractivity contribution in [2.75, 3.05) is 12.3 Å². The Kier molecular flexibility index (Phi) is 6.66. The number of sulfone groups is 1. The molecule has 0 aromatic heterocycles. The van der Waals surface area contributed by atoms with Crippen molar-refractivity contribution in [3.63, 3.8) is 0 Å². The molecule has 3 fully saturated rings. The molecular weight excluding hydrogens is 465 g/mol. The highest BCUT2D eigenvalue weighted by atomic mass is 35.5. The van der Waals surface area contributed by atoms with E-state index in [0.717, 1.165) is 32.1 Å².